The van der Waals surface area contributed by atoms with Crippen molar-refractivity contribution in [3.8, 4) is 0 Å². The largest absolute Gasteiger partial charge is 0.383 e. The zero-order valence-electron chi connectivity index (χ0n) is 9.43. The summed E-state index contributed by atoms with van der Waals surface area (Å²) in [4.78, 5) is 0. The molecule has 0 spiro atoms. The van der Waals surface area contributed by atoms with Gasteiger partial charge >= 0.3 is 0 Å². The second-order valence-corrected chi connectivity index (χ2v) is 3.73. The van der Waals surface area contributed by atoms with Gasteiger partial charge in [-0.1, -0.05) is 0 Å². The van der Waals surface area contributed by atoms with E-state index in [-0.39, 0.29) is 6.04 Å². The van der Waals surface area contributed by atoms with E-state index in [4.69, 9.17) is 9.47 Å². The maximum atomic E-state index is 5.32. The fourth-order valence-electron chi connectivity index (χ4n) is 1.70. The highest BCUT2D eigenvalue weighted by molar-refractivity contribution is 4.85. The van der Waals surface area contributed by atoms with Gasteiger partial charge in [-0.05, 0) is 16.8 Å². The predicted octanol–water partition coefficient (Wildman–Crippen LogP) is -0.629. The van der Waals surface area contributed by atoms with Crippen molar-refractivity contribution in [3.05, 3.63) is 5.82 Å². The van der Waals surface area contributed by atoms with Gasteiger partial charge in [-0.3, -0.25) is 0 Å². The first kappa shape index (κ1) is 11.4. The topological polar surface area (TPSA) is 74.1 Å². The van der Waals surface area contributed by atoms with Crippen LogP contribution in [0, 0.1) is 0 Å². The van der Waals surface area contributed by atoms with Gasteiger partial charge in [-0.2, -0.15) is 0 Å². The van der Waals surface area contributed by atoms with Crippen molar-refractivity contribution in [2.24, 2.45) is 0 Å². The molecular formula is C9H17N5O2. The summed E-state index contributed by atoms with van der Waals surface area (Å²) in [6, 6.07) is 0.286. The first-order valence-electron chi connectivity index (χ1n) is 5.46. The molecule has 7 heteroatoms. The summed E-state index contributed by atoms with van der Waals surface area (Å²) in [6.45, 7) is 3.64. The fourth-order valence-corrected chi connectivity index (χ4v) is 1.70. The molecule has 1 aliphatic heterocycles. The van der Waals surface area contributed by atoms with Crippen molar-refractivity contribution in [1.29, 1.82) is 0 Å². The van der Waals surface area contributed by atoms with E-state index in [0.717, 1.165) is 25.4 Å². The molecule has 16 heavy (non-hydrogen) atoms. The molecule has 90 valence electrons. The predicted molar refractivity (Wildman–Crippen MR) is 55.9 cm³/mol. The van der Waals surface area contributed by atoms with Gasteiger partial charge in [0.2, 0.25) is 0 Å². The number of methoxy groups -OCH3 is 1. The molecule has 7 nitrogen and oxygen atoms in total. The Morgan fingerprint density at radius 2 is 2.56 bits per heavy atom. The Kier molecular flexibility index (Phi) is 4.20. The third-order valence-electron chi connectivity index (χ3n) is 2.58. The maximum Gasteiger partial charge on any atom is 0.165 e. The van der Waals surface area contributed by atoms with Crippen molar-refractivity contribution >= 4 is 0 Å². The van der Waals surface area contributed by atoms with E-state index in [0.29, 0.717) is 19.8 Å². The lowest BCUT2D eigenvalue weighted by Crippen LogP contribution is -2.23. The molecule has 0 bridgehead atoms. The summed E-state index contributed by atoms with van der Waals surface area (Å²) < 4.78 is 12.1. The number of nitrogens with one attached hydrogen (secondary N) is 1. The van der Waals surface area contributed by atoms with Gasteiger partial charge in [0.05, 0.1) is 25.8 Å². The summed E-state index contributed by atoms with van der Waals surface area (Å²) in [5.74, 6) is 0.853. The number of ether oxygens (including phenoxy) is 2. The van der Waals surface area contributed by atoms with Gasteiger partial charge in [-0.15, -0.1) is 5.10 Å². The molecule has 0 radical (unpaired) electrons. The highest BCUT2D eigenvalue weighted by Gasteiger charge is 2.21. The van der Waals surface area contributed by atoms with Gasteiger partial charge in [0.25, 0.3) is 0 Å². The van der Waals surface area contributed by atoms with Crippen LogP contribution in [0.1, 0.15) is 18.3 Å². The molecule has 1 atom stereocenters. The highest BCUT2D eigenvalue weighted by Crippen LogP contribution is 2.17. The number of nitrogens with zero attached hydrogens (tertiary/aromatic N) is 4. The Bertz CT molecular complexity index is 311. The average molecular weight is 227 g/mol. The van der Waals surface area contributed by atoms with Crippen molar-refractivity contribution < 1.29 is 9.47 Å². The van der Waals surface area contributed by atoms with E-state index in [9.17, 15) is 0 Å². The van der Waals surface area contributed by atoms with Gasteiger partial charge < -0.3 is 14.8 Å². The molecule has 1 aromatic heterocycles. The van der Waals surface area contributed by atoms with Crippen LogP contribution in [0.25, 0.3) is 0 Å². The molecule has 1 N–H and O–H groups in total. The highest BCUT2D eigenvalue weighted by atomic mass is 16.5. The van der Waals surface area contributed by atoms with Gasteiger partial charge in [0.1, 0.15) is 0 Å². The Hall–Kier alpha value is -1.05. The monoisotopic (exact) mass is 227 g/mol. The van der Waals surface area contributed by atoms with Crippen LogP contribution >= 0.6 is 0 Å². The van der Waals surface area contributed by atoms with Crippen molar-refractivity contribution in [1.82, 2.24) is 25.5 Å². The quantitative estimate of drug-likeness (QED) is 0.652. The Labute approximate surface area is 94.1 Å². The first-order chi connectivity index (χ1) is 7.92. The molecule has 0 amide bonds. The third-order valence-corrected chi connectivity index (χ3v) is 2.58. The van der Waals surface area contributed by atoms with Crippen LogP contribution in [0.3, 0.4) is 0 Å². The Morgan fingerprint density at radius 3 is 3.31 bits per heavy atom. The second-order valence-electron chi connectivity index (χ2n) is 3.73. The standard InChI is InChI=1S/C9H17N5O2/c1-15-5-3-10-6-9-11-12-13-14(9)8-2-4-16-7-8/h8,10H,2-7H2,1H3. The minimum absolute atomic E-state index is 0.286. The third kappa shape index (κ3) is 2.75. The van der Waals surface area contributed by atoms with Crippen molar-refractivity contribution in [2.45, 2.75) is 19.0 Å². The fraction of sp³-hybridized carbons (Fsp3) is 0.889. The van der Waals surface area contributed by atoms with E-state index in [1.54, 1.807) is 7.11 Å². The maximum absolute atomic E-state index is 5.32. The molecule has 1 saturated heterocycles. The number of aromatic nitrogens is 4. The van der Waals surface area contributed by atoms with Crippen LogP contribution in [0.15, 0.2) is 0 Å². The Morgan fingerprint density at radius 1 is 1.62 bits per heavy atom. The Balaban J connectivity index is 1.86. The second kappa shape index (κ2) is 5.88. The molecule has 0 aromatic carbocycles. The van der Waals surface area contributed by atoms with Gasteiger partial charge in [0, 0.05) is 20.3 Å². The molecule has 1 aromatic rings. The lowest BCUT2D eigenvalue weighted by Gasteiger charge is -2.10. The van der Waals surface area contributed by atoms with E-state index < -0.39 is 0 Å². The number of hydrogen-bond donors (Lipinski definition) is 1. The summed E-state index contributed by atoms with van der Waals surface area (Å²) in [7, 11) is 1.68. The lowest BCUT2D eigenvalue weighted by molar-refractivity contribution is 0.183. The number of rotatable bonds is 6. The molecular weight excluding hydrogens is 210 g/mol. The zero-order valence-corrected chi connectivity index (χ0v) is 9.43. The summed E-state index contributed by atoms with van der Waals surface area (Å²) >= 11 is 0. The number of tetrazole rings is 1. The molecule has 0 aliphatic carbocycles. The van der Waals surface area contributed by atoms with Crippen LogP contribution in [0.4, 0.5) is 0 Å². The summed E-state index contributed by atoms with van der Waals surface area (Å²) in [6.07, 6.45) is 0.982. The molecule has 2 heterocycles. The zero-order chi connectivity index (χ0) is 11.2. The van der Waals surface area contributed by atoms with Crippen LogP contribution < -0.4 is 5.32 Å². The number of hydrogen-bond acceptors (Lipinski definition) is 6. The first-order valence-corrected chi connectivity index (χ1v) is 5.46. The molecule has 1 aliphatic rings. The van der Waals surface area contributed by atoms with E-state index in [1.165, 1.54) is 0 Å². The van der Waals surface area contributed by atoms with Gasteiger partial charge in [0.15, 0.2) is 5.82 Å². The van der Waals surface area contributed by atoms with Crippen molar-refractivity contribution in [2.75, 3.05) is 33.5 Å². The minimum Gasteiger partial charge on any atom is -0.383 e. The summed E-state index contributed by atoms with van der Waals surface area (Å²) in [5, 5.41) is 14.9. The van der Waals surface area contributed by atoms with Crippen LogP contribution in [0.5, 0.6) is 0 Å². The molecule has 1 unspecified atom stereocenters. The average Bonchev–Trinajstić information content (AvgIpc) is 2.94. The van der Waals surface area contributed by atoms with E-state index in [1.807, 2.05) is 4.68 Å². The smallest absolute Gasteiger partial charge is 0.165 e. The molecule has 0 saturated carbocycles. The van der Waals surface area contributed by atoms with Crippen LogP contribution in [-0.4, -0.2) is 53.7 Å². The van der Waals surface area contributed by atoms with E-state index >= 15 is 0 Å². The minimum atomic E-state index is 0.286. The molecule has 2 rings (SSSR count). The van der Waals surface area contributed by atoms with Crippen molar-refractivity contribution in [3.63, 3.8) is 0 Å². The normalized spacial score (nSPS) is 20.4. The SMILES string of the molecule is COCCNCc1nnnn1C1CCOC1. The van der Waals surface area contributed by atoms with Crippen LogP contribution in [-0.2, 0) is 16.0 Å². The summed E-state index contributed by atoms with van der Waals surface area (Å²) in [5.41, 5.74) is 0. The lowest BCUT2D eigenvalue weighted by atomic mass is 10.3. The van der Waals surface area contributed by atoms with E-state index in [2.05, 4.69) is 20.8 Å². The molecule has 1 fully saturated rings. The van der Waals surface area contributed by atoms with Gasteiger partial charge in [-0.25, -0.2) is 4.68 Å². The van der Waals surface area contributed by atoms with Crippen LogP contribution in [0.2, 0.25) is 0 Å².